The van der Waals surface area contributed by atoms with Gasteiger partial charge in [0.05, 0.1) is 13.7 Å². The lowest BCUT2D eigenvalue weighted by Crippen LogP contribution is -2.50. The van der Waals surface area contributed by atoms with Crippen LogP contribution in [0.25, 0.3) is 0 Å². The summed E-state index contributed by atoms with van der Waals surface area (Å²) in [5.74, 6) is -0.387. The van der Waals surface area contributed by atoms with Crippen molar-refractivity contribution < 1.29 is 14.3 Å². The van der Waals surface area contributed by atoms with Gasteiger partial charge in [-0.1, -0.05) is 18.2 Å². The number of esters is 1. The molecule has 5 nitrogen and oxygen atoms in total. The minimum absolute atomic E-state index is 0.0658. The summed E-state index contributed by atoms with van der Waals surface area (Å²) in [6.07, 6.45) is 2.57. The zero-order valence-electron chi connectivity index (χ0n) is 11.7. The third-order valence-corrected chi connectivity index (χ3v) is 3.51. The molecule has 1 N–H and O–H groups in total. The van der Waals surface area contributed by atoms with Gasteiger partial charge < -0.3 is 15.0 Å². The lowest BCUT2D eigenvalue weighted by molar-refractivity contribution is -0.154. The third kappa shape index (κ3) is 3.50. The molecule has 1 atom stereocenters. The number of rotatable bonds is 4. The molecular formula is C15H20N2O3. The van der Waals surface area contributed by atoms with Crippen molar-refractivity contribution in [1.82, 2.24) is 4.90 Å². The Morgan fingerprint density at radius 1 is 1.30 bits per heavy atom. The number of hydrogen-bond acceptors (Lipinski definition) is 4. The van der Waals surface area contributed by atoms with Crippen LogP contribution in [0.5, 0.6) is 0 Å². The van der Waals surface area contributed by atoms with E-state index in [-0.39, 0.29) is 18.4 Å². The van der Waals surface area contributed by atoms with Crippen LogP contribution in [0.2, 0.25) is 0 Å². The molecule has 1 heterocycles. The zero-order valence-corrected chi connectivity index (χ0v) is 11.7. The number of carbonyl (C=O) groups excluding carboxylic acids is 2. The number of benzene rings is 1. The second-order valence-corrected chi connectivity index (χ2v) is 4.84. The summed E-state index contributed by atoms with van der Waals surface area (Å²) in [6.45, 7) is 0.812. The van der Waals surface area contributed by atoms with Gasteiger partial charge >= 0.3 is 5.97 Å². The predicted molar refractivity (Wildman–Crippen MR) is 76.3 cm³/mol. The molecule has 1 aliphatic heterocycles. The number of nitrogens with zero attached hydrogens (tertiary/aromatic N) is 1. The number of likely N-dealkylation sites (tertiary alicyclic amines) is 1. The number of piperidine rings is 1. The number of methoxy groups -OCH3 is 1. The fraction of sp³-hybridized carbons (Fsp3) is 0.467. The Morgan fingerprint density at radius 3 is 2.75 bits per heavy atom. The van der Waals surface area contributed by atoms with Crippen LogP contribution >= 0.6 is 0 Å². The van der Waals surface area contributed by atoms with Crippen molar-refractivity contribution >= 4 is 17.6 Å². The highest BCUT2D eigenvalue weighted by atomic mass is 16.5. The molecule has 0 aliphatic carbocycles. The van der Waals surface area contributed by atoms with E-state index in [1.54, 1.807) is 4.90 Å². The van der Waals surface area contributed by atoms with Crippen molar-refractivity contribution in [2.45, 2.75) is 25.3 Å². The van der Waals surface area contributed by atoms with Crippen LogP contribution in [0.1, 0.15) is 19.3 Å². The van der Waals surface area contributed by atoms with Gasteiger partial charge in [0.1, 0.15) is 6.04 Å². The summed E-state index contributed by atoms with van der Waals surface area (Å²) < 4.78 is 4.78. The van der Waals surface area contributed by atoms with E-state index >= 15 is 0 Å². The summed E-state index contributed by atoms with van der Waals surface area (Å²) in [4.78, 5) is 25.6. The Morgan fingerprint density at radius 2 is 2.05 bits per heavy atom. The third-order valence-electron chi connectivity index (χ3n) is 3.51. The fourth-order valence-electron chi connectivity index (χ4n) is 2.45. The van der Waals surface area contributed by atoms with E-state index in [2.05, 4.69) is 5.32 Å². The average Bonchev–Trinajstić information content (AvgIpc) is 2.52. The van der Waals surface area contributed by atoms with Crippen molar-refractivity contribution in [3.63, 3.8) is 0 Å². The smallest absolute Gasteiger partial charge is 0.328 e. The van der Waals surface area contributed by atoms with Crippen LogP contribution in [-0.4, -0.2) is 43.0 Å². The lowest BCUT2D eigenvalue weighted by Gasteiger charge is -2.33. The largest absolute Gasteiger partial charge is 0.467 e. The lowest BCUT2D eigenvalue weighted by atomic mass is 10.0. The van der Waals surface area contributed by atoms with Crippen LogP contribution in [0.15, 0.2) is 30.3 Å². The molecule has 0 saturated carbocycles. The molecule has 1 amide bonds. The predicted octanol–water partition coefficient (Wildman–Crippen LogP) is 1.65. The van der Waals surface area contributed by atoms with Crippen molar-refractivity contribution in [2.24, 2.45) is 0 Å². The van der Waals surface area contributed by atoms with Gasteiger partial charge in [-0.05, 0) is 31.4 Å². The van der Waals surface area contributed by atoms with E-state index in [1.807, 2.05) is 30.3 Å². The van der Waals surface area contributed by atoms with E-state index in [9.17, 15) is 9.59 Å². The van der Waals surface area contributed by atoms with Crippen LogP contribution < -0.4 is 5.32 Å². The van der Waals surface area contributed by atoms with Gasteiger partial charge in [-0.3, -0.25) is 4.79 Å². The first-order chi connectivity index (χ1) is 9.72. The molecule has 1 unspecified atom stereocenters. The average molecular weight is 276 g/mol. The first kappa shape index (κ1) is 14.4. The van der Waals surface area contributed by atoms with Gasteiger partial charge in [-0.2, -0.15) is 0 Å². The Bertz CT molecular complexity index is 461. The van der Waals surface area contributed by atoms with E-state index in [1.165, 1.54) is 7.11 Å². The molecule has 1 aromatic carbocycles. The van der Waals surface area contributed by atoms with Crippen LogP contribution in [0.4, 0.5) is 5.69 Å². The van der Waals surface area contributed by atoms with E-state index < -0.39 is 6.04 Å². The number of anilines is 1. The van der Waals surface area contributed by atoms with Crippen LogP contribution in [0.3, 0.4) is 0 Å². The molecule has 1 saturated heterocycles. The minimum Gasteiger partial charge on any atom is -0.467 e. The van der Waals surface area contributed by atoms with Crippen LogP contribution in [-0.2, 0) is 14.3 Å². The molecule has 0 bridgehead atoms. The Labute approximate surface area is 118 Å². The summed E-state index contributed by atoms with van der Waals surface area (Å²) in [6, 6.07) is 9.11. The molecule has 20 heavy (non-hydrogen) atoms. The number of carbonyl (C=O) groups is 2. The quantitative estimate of drug-likeness (QED) is 0.850. The normalized spacial score (nSPS) is 18.4. The summed E-state index contributed by atoms with van der Waals surface area (Å²) >= 11 is 0. The van der Waals surface area contributed by atoms with Crippen molar-refractivity contribution in [2.75, 3.05) is 25.5 Å². The standard InChI is InChI=1S/C15H20N2O3/c1-20-15(19)13-9-5-6-10-17(13)14(18)11-16-12-7-3-2-4-8-12/h2-4,7-8,13,16H,5-6,9-11H2,1H3. The van der Waals surface area contributed by atoms with Gasteiger partial charge in [0.15, 0.2) is 0 Å². The second kappa shape index (κ2) is 6.93. The summed E-state index contributed by atoms with van der Waals surface area (Å²) in [5, 5.41) is 3.08. The van der Waals surface area contributed by atoms with Crippen molar-refractivity contribution in [1.29, 1.82) is 0 Å². The first-order valence-corrected chi connectivity index (χ1v) is 6.88. The Hall–Kier alpha value is -2.04. The van der Waals surface area contributed by atoms with Gasteiger partial charge in [0, 0.05) is 12.2 Å². The molecule has 0 radical (unpaired) electrons. The number of para-hydroxylation sites is 1. The topological polar surface area (TPSA) is 58.6 Å². The minimum atomic E-state index is -0.432. The fourth-order valence-corrected chi connectivity index (χ4v) is 2.45. The van der Waals surface area contributed by atoms with Gasteiger partial charge in [0.2, 0.25) is 5.91 Å². The number of amides is 1. The molecule has 2 rings (SSSR count). The van der Waals surface area contributed by atoms with Crippen molar-refractivity contribution in [3.8, 4) is 0 Å². The van der Waals surface area contributed by atoms with E-state index in [4.69, 9.17) is 4.74 Å². The zero-order chi connectivity index (χ0) is 14.4. The number of nitrogens with one attached hydrogen (secondary N) is 1. The number of ether oxygens (including phenoxy) is 1. The molecule has 0 aromatic heterocycles. The molecule has 108 valence electrons. The Kier molecular flexibility index (Phi) is 4.98. The first-order valence-electron chi connectivity index (χ1n) is 6.88. The Balaban J connectivity index is 1.94. The summed E-state index contributed by atoms with van der Waals surface area (Å²) in [7, 11) is 1.36. The molecule has 5 heteroatoms. The number of hydrogen-bond donors (Lipinski definition) is 1. The molecule has 1 aromatic rings. The summed E-state index contributed by atoms with van der Waals surface area (Å²) in [5.41, 5.74) is 0.896. The highest BCUT2D eigenvalue weighted by Gasteiger charge is 2.32. The highest BCUT2D eigenvalue weighted by molar-refractivity contribution is 5.87. The molecule has 0 spiro atoms. The van der Waals surface area contributed by atoms with E-state index in [0.717, 1.165) is 18.5 Å². The maximum atomic E-state index is 12.3. The van der Waals surface area contributed by atoms with Crippen molar-refractivity contribution in [3.05, 3.63) is 30.3 Å². The SMILES string of the molecule is COC(=O)C1CCCCN1C(=O)CNc1ccccc1. The maximum absolute atomic E-state index is 12.3. The second-order valence-electron chi connectivity index (χ2n) is 4.84. The van der Waals surface area contributed by atoms with Gasteiger partial charge in [0.25, 0.3) is 0 Å². The molecular weight excluding hydrogens is 256 g/mol. The van der Waals surface area contributed by atoms with Gasteiger partial charge in [-0.25, -0.2) is 4.79 Å². The monoisotopic (exact) mass is 276 g/mol. The maximum Gasteiger partial charge on any atom is 0.328 e. The van der Waals surface area contributed by atoms with Gasteiger partial charge in [-0.15, -0.1) is 0 Å². The van der Waals surface area contributed by atoms with Crippen LogP contribution in [0, 0.1) is 0 Å². The molecule has 1 aliphatic rings. The van der Waals surface area contributed by atoms with E-state index in [0.29, 0.717) is 13.0 Å². The molecule has 1 fully saturated rings. The highest BCUT2D eigenvalue weighted by Crippen LogP contribution is 2.18.